The molecule has 0 spiro atoms. The Balaban J connectivity index is 2.65. The van der Waals surface area contributed by atoms with Gasteiger partial charge in [-0.15, -0.1) is 0 Å². The fourth-order valence-corrected chi connectivity index (χ4v) is 2.89. The van der Waals surface area contributed by atoms with Crippen LogP contribution in [0.1, 0.15) is 47.7 Å². The number of fused-ring (bicyclic) bond motifs is 1. The Morgan fingerprint density at radius 1 is 1.31 bits per heavy atom. The summed E-state index contributed by atoms with van der Waals surface area (Å²) in [7, 11) is 0. The SMILES string of the molecule is CC(=O)c1c(O)c(Br)cc2c1CCCCC2. The first-order chi connectivity index (χ1) is 7.61. The number of halogens is 1. The molecular weight excluding hydrogens is 268 g/mol. The van der Waals surface area contributed by atoms with Crippen LogP contribution in [0, 0.1) is 0 Å². The maximum Gasteiger partial charge on any atom is 0.163 e. The highest BCUT2D eigenvalue weighted by Gasteiger charge is 2.20. The van der Waals surface area contributed by atoms with E-state index >= 15 is 0 Å². The number of Topliss-reactive ketones (excluding diaryl/α,β-unsaturated/α-hetero) is 1. The number of phenols is 1. The molecule has 0 bridgehead atoms. The van der Waals surface area contributed by atoms with Crippen LogP contribution in [0.2, 0.25) is 0 Å². The zero-order valence-corrected chi connectivity index (χ0v) is 10.9. The summed E-state index contributed by atoms with van der Waals surface area (Å²) in [6.45, 7) is 1.52. The highest BCUT2D eigenvalue weighted by molar-refractivity contribution is 9.10. The molecule has 0 amide bonds. The maximum atomic E-state index is 11.6. The van der Waals surface area contributed by atoms with Gasteiger partial charge in [0.1, 0.15) is 5.75 Å². The normalized spacial score (nSPS) is 15.4. The van der Waals surface area contributed by atoms with Crippen LogP contribution in [0.3, 0.4) is 0 Å². The van der Waals surface area contributed by atoms with Crippen molar-refractivity contribution < 1.29 is 9.90 Å². The summed E-state index contributed by atoms with van der Waals surface area (Å²) in [6, 6.07) is 1.96. The number of carbonyl (C=O) groups is 1. The van der Waals surface area contributed by atoms with Crippen LogP contribution >= 0.6 is 15.9 Å². The smallest absolute Gasteiger partial charge is 0.163 e. The number of rotatable bonds is 1. The summed E-state index contributed by atoms with van der Waals surface area (Å²) in [5.74, 6) is 0.0603. The summed E-state index contributed by atoms with van der Waals surface area (Å²) in [6.07, 6.45) is 5.39. The summed E-state index contributed by atoms with van der Waals surface area (Å²) in [4.78, 5) is 11.6. The number of hydrogen-bond acceptors (Lipinski definition) is 2. The molecule has 3 heteroatoms. The summed E-state index contributed by atoms with van der Waals surface area (Å²) < 4.78 is 0.637. The second-order valence-electron chi connectivity index (χ2n) is 4.34. The summed E-state index contributed by atoms with van der Waals surface area (Å²) >= 11 is 3.32. The van der Waals surface area contributed by atoms with Crippen LogP contribution in [0.25, 0.3) is 0 Å². The molecule has 0 saturated heterocycles. The fraction of sp³-hybridized carbons (Fsp3) is 0.462. The van der Waals surface area contributed by atoms with Crippen molar-refractivity contribution in [3.05, 3.63) is 27.2 Å². The van der Waals surface area contributed by atoms with E-state index in [-0.39, 0.29) is 11.5 Å². The molecule has 1 aliphatic rings. The van der Waals surface area contributed by atoms with Gasteiger partial charge in [0.15, 0.2) is 5.78 Å². The predicted molar refractivity (Wildman–Crippen MR) is 67.1 cm³/mol. The van der Waals surface area contributed by atoms with Gasteiger partial charge in [0, 0.05) is 0 Å². The van der Waals surface area contributed by atoms with Gasteiger partial charge in [0.25, 0.3) is 0 Å². The first kappa shape index (κ1) is 11.6. The Labute approximate surface area is 104 Å². The van der Waals surface area contributed by atoms with Crippen LogP contribution < -0.4 is 0 Å². The molecule has 0 saturated carbocycles. The zero-order valence-electron chi connectivity index (χ0n) is 9.35. The third-order valence-electron chi connectivity index (χ3n) is 3.18. The zero-order chi connectivity index (χ0) is 11.7. The van der Waals surface area contributed by atoms with Crippen LogP contribution in [0.5, 0.6) is 5.75 Å². The van der Waals surface area contributed by atoms with E-state index in [1.807, 2.05) is 6.07 Å². The number of aryl methyl sites for hydroxylation is 1. The topological polar surface area (TPSA) is 37.3 Å². The van der Waals surface area contributed by atoms with Crippen LogP contribution in [-0.2, 0) is 12.8 Å². The average molecular weight is 283 g/mol. The molecule has 16 heavy (non-hydrogen) atoms. The molecule has 0 radical (unpaired) electrons. The molecule has 1 aromatic rings. The van der Waals surface area contributed by atoms with Gasteiger partial charge in [0.2, 0.25) is 0 Å². The standard InChI is InChI=1S/C13H15BrO2/c1-8(15)12-10-6-4-2-3-5-9(10)7-11(14)13(12)16/h7,16H,2-6H2,1H3. The van der Waals surface area contributed by atoms with E-state index in [1.165, 1.54) is 25.3 Å². The van der Waals surface area contributed by atoms with E-state index in [0.29, 0.717) is 10.0 Å². The quantitative estimate of drug-likeness (QED) is 0.631. The van der Waals surface area contributed by atoms with E-state index < -0.39 is 0 Å². The van der Waals surface area contributed by atoms with Gasteiger partial charge in [0.05, 0.1) is 10.0 Å². The number of ketones is 1. The molecule has 2 nitrogen and oxygen atoms in total. The Morgan fingerprint density at radius 3 is 2.69 bits per heavy atom. The van der Waals surface area contributed by atoms with E-state index in [4.69, 9.17) is 0 Å². The molecule has 2 rings (SSSR count). The lowest BCUT2D eigenvalue weighted by molar-refractivity contribution is 0.101. The molecule has 0 aromatic heterocycles. The molecule has 0 fully saturated rings. The van der Waals surface area contributed by atoms with Gasteiger partial charge < -0.3 is 5.11 Å². The van der Waals surface area contributed by atoms with E-state index in [1.54, 1.807) is 0 Å². The molecule has 0 aliphatic heterocycles. The fourth-order valence-electron chi connectivity index (χ4n) is 2.41. The van der Waals surface area contributed by atoms with Gasteiger partial charge >= 0.3 is 0 Å². The van der Waals surface area contributed by atoms with Crippen LogP contribution in [-0.4, -0.2) is 10.9 Å². The van der Waals surface area contributed by atoms with Crippen LogP contribution in [0.15, 0.2) is 10.5 Å². The third kappa shape index (κ3) is 2.01. The lowest BCUT2D eigenvalue weighted by atomic mass is 9.94. The van der Waals surface area contributed by atoms with Gasteiger partial charge in [-0.2, -0.15) is 0 Å². The van der Waals surface area contributed by atoms with E-state index in [9.17, 15) is 9.90 Å². The largest absolute Gasteiger partial charge is 0.506 e. The molecule has 86 valence electrons. The van der Waals surface area contributed by atoms with E-state index in [2.05, 4.69) is 15.9 Å². The van der Waals surface area contributed by atoms with Gasteiger partial charge in [-0.1, -0.05) is 6.42 Å². The average Bonchev–Trinajstić information content (AvgIpc) is 2.44. The maximum absolute atomic E-state index is 11.6. The minimum Gasteiger partial charge on any atom is -0.506 e. The Bertz CT molecular complexity index is 438. The molecule has 0 unspecified atom stereocenters. The lowest BCUT2D eigenvalue weighted by Gasteiger charge is -2.13. The summed E-state index contributed by atoms with van der Waals surface area (Å²) in [5, 5.41) is 9.95. The highest BCUT2D eigenvalue weighted by atomic mass is 79.9. The van der Waals surface area contributed by atoms with E-state index in [0.717, 1.165) is 24.8 Å². The molecule has 0 atom stereocenters. The molecule has 1 N–H and O–H groups in total. The second kappa shape index (κ2) is 4.58. The van der Waals surface area contributed by atoms with Crippen molar-refractivity contribution in [1.82, 2.24) is 0 Å². The van der Waals surface area contributed by atoms with Crippen molar-refractivity contribution in [2.75, 3.05) is 0 Å². The van der Waals surface area contributed by atoms with Crippen molar-refractivity contribution in [3.8, 4) is 5.75 Å². The number of carbonyl (C=O) groups excluding carboxylic acids is 1. The van der Waals surface area contributed by atoms with Crippen molar-refractivity contribution in [2.45, 2.75) is 39.0 Å². The molecule has 0 heterocycles. The Morgan fingerprint density at radius 2 is 2.00 bits per heavy atom. The lowest BCUT2D eigenvalue weighted by Crippen LogP contribution is -2.04. The van der Waals surface area contributed by atoms with Gasteiger partial charge in [-0.05, 0) is 65.7 Å². The number of benzene rings is 1. The van der Waals surface area contributed by atoms with Crippen molar-refractivity contribution in [2.24, 2.45) is 0 Å². The van der Waals surface area contributed by atoms with Gasteiger partial charge in [-0.25, -0.2) is 0 Å². The molecule has 1 aliphatic carbocycles. The predicted octanol–water partition coefficient (Wildman–Crippen LogP) is 3.63. The third-order valence-corrected chi connectivity index (χ3v) is 3.78. The van der Waals surface area contributed by atoms with Crippen LogP contribution in [0.4, 0.5) is 0 Å². The number of hydrogen-bond donors (Lipinski definition) is 1. The number of aromatic hydroxyl groups is 1. The molecule has 1 aromatic carbocycles. The summed E-state index contributed by atoms with van der Waals surface area (Å²) in [5.41, 5.74) is 2.80. The Kier molecular flexibility index (Phi) is 3.33. The van der Waals surface area contributed by atoms with Crippen molar-refractivity contribution in [1.29, 1.82) is 0 Å². The number of phenolic OH excluding ortho intramolecular Hbond substituents is 1. The van der Waals surface area contributed by atoms with Crippen molar-refractivity contribution >= 4 is 21.7 Å². The second-order valence-corrected chi connectivity index (χ2v) is 5.19. The molecular formula is C13H15BrO2. The monoisotopic (exact) mass is 282 g/mol. The minimum absolute atomic E-state index is 0.0445. The first-order valence-electron chi connectivity index (χ1n) is 5.65. The first-order valence-corrected chi connectivity index (χ1v) is 6.44. The van der Waals surface area contributed by atoms with Crippen molar-refractivity contribution in [3.63, 3.8) is 0 Å². The highest BCUT2D eigenvalue weighted by Crippen LogP contribution is 2.36. The minimum atomic E-state index is -0.0445. The van der Waals surface area contributed by atoms with Gasteiger partial charge in [-0.3, -0.25) is 4.79 Å². The Hall–Kier alpha value is -0.830.